The molecule has 5 rings (SSSR count). The highest BCUT2D eigenvalue weighted by Gasteiger charge is 2.35. The molecule has 0 bridgehead atoms. The summed E-state index contributed by atoms with van der Waals surface area (Å²) in [7, 11) is 4.45. The number of H-pyrrole nitrogens is 1. The maximum absolute atomic E-state index is 13.8. The lowest BCUT2D eigenvalue weighted by Crippen LogP contribution is -2.16. The predicted octanol–water partition coefficient (Wildman–Crippen LogP) is 5.55. The van der Waals surface area contributed by atoms with Crippen molar-refractivity contribution >= 4 is 22.9 Å². The fraction of sp³-hybridized carbons (Fsp3) is 0.276. The van der Waals surface area contributed by atoms with E-state index in [0.717, 1.165) is 16.3 Å². The molecule has 0 radical (unpaired) electrons. The van der Waals surface area contributed by atoms with Crippen molar-refractivity contribution in [2.45, 2.75) is 32.9 Å². The molecule has 1 aromatic carbocycles. The van der Waals surface area contributed by atoms with Crippen molar-refractivity contribution in [3.05, 3.63) is 75.7 Å². The number of nitrogens with one attached hydrogen (secondary N) is 2. The number of allylic oxidation sites excluding steroid dienone is 3. The number of halogens is 3. The van der Waals surface area contributed by atoms with Crippen LogP contribution in [-0.4, -0.2) is 52.1 Å². The van der Waals surface area contributed by atoms with Gasteiger partial charge in [-0.2, -0.15) is 18.3 Å². The predicted molar refractivity (Wildman–Crippen MR) is 156 cm³/mol. The molecule has 15 heteroatoms. The summed E-state index contributed by atoms with van der Waals surface area (Å²) >= 11 is 0. The first-order chi connectivity index (χ1) is 21.0. The Morgan fingerprint density at radius 3 is 2.32 bits per heavy atom. The van der Waals surface area contributed by atoms with Gasteiger partial charge >= 0.3 is 11.9 Å². The number of alkyl halides is 3. The Bertz CT molecular complexity index is 1830. The molecule has 3 aromatic heterocycles. The van der Waals surface area contributed by atoms with Gasteiger partial charge in [0, 0.05) is 53.3 Å². The summed E-state index contributed by atoms with van der Waals surface area (Å²) < 4.78 is 63.2. The zero-order chi connectivity index (χ0) is 31.6. The van der Waals surface area contributed by atoms with Crippen LogP contribution in [0, 0.1) is 6.92 Å². The van der Waals surface area contributed by atoms with Gasteiger partial charge in [-0.05, 0) is 32.4 Å². The van der Waals surface area contributed by atoms with Crippen LogP contribution in [-0.2, 0) is 6.18 Å². The molecule has 0 atom stereocenters. The first-order valence-electron chi connectivity index (χ1n) is 13.2. The number of hydrogen-bond acceptors (Lipinski definition) is 10. The molecule has 1 aliphatic heterocycles. The van der Waals surface area contributed by atoms with E-state index in [1.54, 1.807) is 24.3 Å². The Kier molecular flexibility index (Phi) is 8.29. The second kappa shape index (κ2) is 12.1. The highest BCUT2D eigenvalue weighted by Crippen LogP contribution is 2.36. The smallest absolute Gasteiger partial charge is 0.439 e. The lowest BCUT2D eigenvalue weighted by atomic mass is 9.99. The maximum atomic E-state index is 13.8. The summed E-state index contributed by atoms with van der Waals surface area (Å²) in [5, 5.41) is 10.9. The van der Waals surface area contributed by atoms with Crippen molar-refractivity contribution < 1.29 is 31.9 Å². The fourth-order valence-corrected chi connectivity index (χ4v) is 4.56. The maximum Gasteiger partial charge on any atom is 0.439 e. The van der Waals surface area contributed by atoms with Gasteiger partial charge in [0.1, 0.15) is 17.3 Å². The number of anilines is 1. The zero-order valence-electron chi connectivity index (χ0n) is 24.4. The number of ether oxygens (including phenoxy) is 3. The summed E-state index contributed by atoms with van der Waals surface area (Å²) in [5.74, 6) is 1.03. The van der Waals surface area contributed by atoms with Crippen molar-refractivity contribution in [3.63, 3.8) is 0 Å². The van der Waals surface area contributed by atoms with Crippen LogP contribution < -0.4 is 25.3 Å². The number of nitrogens with zero attached hydrogens (tertiary/aromatic N) is 5. The van der Waals surface area contributed by atoms with E-state index in [1.165, 1.54) is 34.4 Å². The van der Waals surface area contributed by atoms with Crippen LogP contribution >= 0.6 is 0 Å². The number of hydrogen-bond donors (Lipinski definition) is 2. The Balaban J connectivity index is 1.75. The van der Waals surface area contributed by atoms with Gasteiger partial charge in [-0.3, -0.25) is 9.51 Å². The average molecular weight is 612 g/mol. The molecule has 0 unspecified atom stereocenters. The lowest BCUT2D eigenvalue weighted by Gasteiger charge is -2.19. The van der Waals surface area contributed by atoms with Gasteiger partial charge in [-0.25, -0.2) is 19.5 Å². The van der Waals surface area contributed by atoms with Gasteiger partial charge in [-0.1, -0.05) is 16.8 Å². The van der Waals surface area contributed by atoms with Crippen LogP contribution in [0.25, 0.3) is 22.8 Å². The number of amidine groups is 1. The second-order valence-electron chi connectivity index (χ2n) is 9.82. The third kappa shape index (κ3) is 6.35. The topological polar surface area (TPSA) is 142 Å². The molecule has 0 saturated carbocycles. The van der Waals surface area contributed by atoms with E-state index >= 15 is 0 Å². The Morgan fingerprint density at radius 2 is 1.73 bits per heavy atom. The number of benzene rings is 1. The summed E-state index contributed by atoms with van der Waals surface area (Å²) in [6, 6.07) is 7.78. The van der Waals surface area contributed by atoms with Gasteiger partial charge in [0.25, 0.3) is 0 Å². The first-order valence-corrected chi connectivity index (χ1v) is 13.2. The molecule has 0 spiro atoms. The van der Waals surface area contributed by atoms with E-state index in [9.17, 15) is 18.0 Å². The highest BCUT2D eigenvalue weighted by molar-refractivity contribution is 6.02. The first kappa shape index (κ1) is 30.1. The minimum Gasteiger partial charge on any atom is -0.497 e. The number of methoxy groups -OCH3 is 3. The Labute approximate surface area is 248 Å². The van der Waals surface area contributed by atoms with Crippen LogP contribution in [0.3, 0.4) is 0 Å². The third-order valence-electron chi connectivity index (χ3n) is 6.70. The average Bonchev–Trinajstić information content (AvgIpc) is 3.61. The number of aliphatic imine (C=N–C) groups is 1. The molecule has 0 saturated heterocycles. The van der Waals surface area contributed by atoms with Crippen LogP contribution in [0.5, 0.6) is 17.4 Å². The summed E-state index contributed by atoms with van der Waals surface area (Å²) in [6.45, 7) is 3.41. The summed E-state index contributed by atoms with van der Waals surface area (Å²) in [5.41, 5.74) is 1.77. The largest absolute Gasteiger partial charge is 0.497 e. The SMILES string of the molecule is COc1cc(NC2=NC(n3nc(C(F)(F)F)cc3C)=C(c3cnc(OC)c(-c4noc(=O)[nH]4)c3)C=C(C)CC2)cc(OC)c1. The van der Waals surface area contributed by atoms with Crippen molar-refractivity contribution in [3.8, 4) is 28.8 Å². The van der Waals surface area contributed by atoms with Crippen LogP contribution in [0.4, 0.5) is 18.9 Å². The summed E-state index contributed by atoms with van der Waals surface area (Å²) in [4.78, 5) is 23.4. The quantitative estimate of drug-likeness (QED) is 0.275. The highest BCUT2D eigenvalue weighted by atomic mass is 19.4. The van der Waals surface area contributed by atoms with E-state index in [0.29, 0.717) is 47.0 Å². The zero-order valence-corrected chi connectivity index (χ0v) is 24.4. The number of aromatic amines is 1. The minimum atomic E-state index is -4.68. The monoisotopic (exact) mass is 611 g/mol. The lowest BCUT2D eigenvalue weighted by molar-refractivity contribution is -0.141. The number of aromatic nitrogens is 5. The molecule has 0 amide bonds. The van der Waals surface area contributed by atoms with Crippen LogP contribution in [0.2, 0.25) is 0 Å². The molecule has 44 heavy (non-hydrogen) atoms. The van der Waals surface area contributed by atoms with Gasteiger partial charge < -0.3 is 19.5 Å². The number of aryl methyl sites for hydroxylation is 1. The van der Waals surface area contributed by atoms with E-state index in [2.05, 4.69) is 30.1 Å². The molecule has 230 valence electrons. The van der Waals surface area contributed by atoms with Crippen molar-refractivity contribution in [2.24, 2.45) is 4.99 Å². The number of rotatable bonds is 7. The van der Waals surface area contributed by atoms with Gasteiger partial charge in [0.2, 0.25) is 5.88 Å². The molecular weight excluding hydrogens is 583 g/mol. The molecule has 0 fully saturated rings. The molecule has 12 nitrogen and oxygen atoms in total. The number of pyridine rings is 1. The Morgan fingerprint density at radius 1 is 1.00 bits per heavy atom. The van der Waals surface area contributed by atoms with E-state index < -0.39 is 17.6 Å². The standard InChI is InChI=1S/C29H28F3N7O5/c1-15-6-7-24(34-18-11-19(41-3)13-20(12-18)42-4)35-26(39-16(2)9-23(37-39)29(30,31)32)21(8-15)17-10-22(27(43-5)33-14-17)25-36-28(40)44-38-25/h8-14H,6-7H2,1-5H3,(H,34,35)(H,36,38,40). The van der Waals surface area contributed by atoms with Crippen molar-refractivity contribution in [2.75, 3.05) is 26.6 Å². The van der Waals surface area contributed by atoms with Crippen molar-refractivity contribution in [1.82, 2.24) is 24.9 Å². The second-order valence-corrected chi connectivity index (χ2v) is 9.82. The molecule has 4 aromatic rings. The van der Waals surface area contributed by atoms with Gasteiger partial charge in [0.05, 0.1) is 26.9 Å². The van der Waals surface area contributed by atoms with Gasteiger partial charge in [-0.15, -0.1) is 0 Å². The van der Waals surface area contributed by atoms with Gasteiger partial charge in [0.15, 0.2) is 17.3 Å². The summed E-state index contributed by atoms with van der Waals surface area (Å²) in [6.07, 6.45) is -0.378. The third-order valence-corrected chi connectivity index (χ3v) is 6.70. The minimum absolute atomic E-state index is 0.0577. The molecule has 2 N–H and O–H groups in total. The molecule has 1 aliphatic rings. The van der Waals surface area contributed by atoms with Crippen LogP contribution in [0.1, 0.15) is 36.7 Å². The van der Waals surface area contributed by atoms with Crippen molar-refractivity contribution in [1.29, 1.82) is 0 Å². The molecule has 0 aliphatic carbocycles. The van der Waals surface area contributed by atoms with E-state index in [-0.39, 0.29) is 28.8 Å². The molecule has 4 heterocycles. The fourth-order valence-electron chi connectivity index (χ4n) is 4.56. The Hall–Kier alpha value is -5.34. The normalized spacial score (nSPS) is 14.0. The van der Waals surface area contributed by atoms with E-state index in [1.807, 2.05) is 13.0 Å². The van der Waals surface area contributed by atoms with Crippen LogP contribution in [0.15, 0.2) is 62.5 Å². The van der Waals surface area contributed by atoms with E-state index in [4.69, 9.17) is 19.2 Å². The molecular formula is C29H28F3N7O5.